The molecular weight excluding hydrogens is 200 g/mol. The zero-order valence-corrected chi connectivity index (χ0v) is 9.41. The van der Waals surface area contributed by atoms with E-state index in [0.29, 0.717) is 5.92 Å². The number of hydrogen-bond donors (Lipinski definition) is 2. The van der Waals surface area contributed by atoms with Crippen LogP contribution in [0, 0.1) is 5.92 Å². The second-order valence-electron chi connectivity index (χ2n) is 4.39. The van der Waals surface area contributed by atoms with Gasteiger partial charge in [0.1, 0.15) is 0 Å². The molecule has 0 spiro atoms. The third-order valence-electron chi connectivity index (χ3n) is 3.22. The number of nitrogens with one attached hydrogen (secondary N) is 1. The Bertz CT molecular complexity index is 376. The van der Waals surface area contributed by atoms with Gasteiger partial charge in [0.2, 0.25) is 5.91 Å². The van der Waals surface area contributed by atoms with E-state index in [9.17, 15) is 4.79 Å². The van der Waals surface area contributed by atoms with E-state index in [1.54, 1.807) is 0 Å². The molecular formula is C13H18N2O. The SMILES string of the molecule is NCC(=O)NCC1CCc2ccccc2C1. The highest BCUT2D eigenvalue weighted by atomic mass is 16.1. The minimum absolute atomic E-state index is 0.0566. The summed E-state index contributed by atoms with van der Waals surface area (Å²) in [6, 6.07) is 8.56. The van der Waals surface area contributed by atoms with E-state index in [4.69, 9.17) is 5.73 Å². The number of rotatable bonds is 3. The number of fused-ring (bicyclic) bond motifs is 1. The quantitative estimate of drug-likeness (QED) is 0.791. The lowest BCUT2D eigenvalue weighted by atomic mass is 9.84. The molecule has 0 saturated carbocycles. The topological polar surface area (TPSA) is 55.1 Å². The van der Waals surface area contributed by atoms with Crippen molar-refractivity contribution in [3.63, 3.8) is 0 Å². The highest BCUT2D eigenvalue weighted by Crippen LogP contribution is 2.24. The number of hydrogen-bond acceptors (Lipinski definition) is 2. The number of nitrogens with two attached hydrogens (primary N) is 1. The van der Waals surface area contributed by atoms with Crippen molar-refractivity contribution in [2.75, 3.05) is 13.1 Å². The number of carbonyl (C=O) groups excluding carboxylic acids is 1. The van der Waals surface area contributed by atoms with Crippen LogP contribution < -0.4 is 11.1 Å². The Hall–Kier alpha value is -1.35. The fourth-order valence-corrected chi connectivity index (χ4v) is 2.28. The molecule has 16 heavy (non-hydrogen) atoms. The molecule has 0 heterocycles. The van der Waals surface area contributed by atoms with E-state index in [-0.39, 0.29) is 12.5 Å². The number of benzene rings is 1. The minimum Gasteiger partial charge on any atom is -0.355 e. The number of amides is 1. The maximum atomic E-state index is 11.1. The molecule has 3 nitrogen and oxygen atoms in total. The smallest absolute Gasteiger partial charge is 0.233 e. The van der Waals surface area contributed by atoms with Gasteiger partial charge in [-0.05, 0) is 36.3 Å². The van der Waals surface area contributed by atoms with Crippen molar-refractivity contribution in [1.29, 1.82) is 0 Å². The van der Waals surface area contributed by atoms with E-state index >= 15 is 0 Å². The highest BCUT2D eigenvalue weighted by molar-refractivity contribution is 5.77. The summed E-state index contributed by atoms with van der Waals surface area (Å²) in [4.78, 5) is 11.1. The molecule has 1 amide bonds. The molecule has 3 heteroatoms. The molecule has 0 aliphatic heterocycles. The molecule has 0 fully saturated rings. The van der Waals surface area contributed by atoms with Crippen molar-refractivity contribution in [2.45, 2.75) is 19.3 Å². The first-order valence-electron chi connectivity index (χ1n) is 5.83. The minimum atomic E-state index is -0.0566. The summed E-state index contributed by atoms with van der Waals surface area (Å²) in [7, 11) is 0. The van der Waals surface area contributed by atoms with Crippen molar-refractivity contribution in [3.05, 3.63) is 35.4 Å². The predicted molar refractivity (Wildman–Crippen MR) is 64.0 cm³/mol. The van der Waals surface area contributed by atoms with Crippen LogP contribution in [0.2, 0.25) is 0 Å². The summed E-state index contributed by atoms with van der Waals surface area (Å²) < 4.78 is 0. The van der Waals surface area contributed by atoms with Crippen molar-refractivity contribution in [2.24, 2.45) is 11.7 Å². The summed E-state index contributed by atoms with van der Waals surface area (Å²) in [5.41, 5.74) is 8.15. The second kappa shape index (κ2) is 5.12. The standard InChI is InChI=1S/C13H18N2O/c14-8-13(16)15-9-10-5-6-11-3-1-2-4-12(11)7-10/h1-4,10H,5-9,14H2,(H,15,16). The maximum absolute atomic E-state index is 11.1. The van der Waals surface area contributed by atoms with Crippen LogP contribution in [0.15, 0.2) is 24.3 Å². The molecule has 86 valence electrons. The first-order valence-corrected chi connectivity index (χ1v) is 5.83. The van der Waals surface area contributed by atoms with E-state index < -0.39 is 0 Å². The van der Waals surface area contributed by atoms with Crippen LogP contribution in [-0.4, -0.2) is 19.0 Å². The summed E-state index contributed by atoms with van der Waals surface area (Å²) in [6.07, 6.45) is 3.35. The lowest BCUT2D eigenvalue weighted by molar-refractivity contribution is -0.119. The Morgan fingerprint density at radius 1 is 1.38 bits per heavy atom. The molecule has 1 aromatic carbocycles. The summed E-state index contributed by atoms with van der Waals surface area (Å²) in [5, 5.41) is 2.87. The lowest BCUT2D eigenvalue weighted by Crippen LogP contribution is -2.35. The van der Waals surface area contributed by atoms with Gasteiger partial charge >= 0.3 is 0 Å². The van der Waals surface area contributed by atoms with Gasteiger partial charge in [-0.2, -0.15) is 0 Å². The highest BCUT2D eigenvalue weighted by Gasteiger charge is 2.18. The van der Waals surface area contributed by atoms with Gasteiger partial charge in [0, 0.05) is 6.54 Å². The third-order valence-corrected chi connectivity index (χ3v) is 3.22. The van der Waals surface area contributed by atoms with Crippen LogP contribution in [0.25, 0.3) is 0 Å². The molecule has 1 unspecified atom stereocenters. The van der Waals surface area contributed by atoms with E-state index in [2.05, 4.69) is 29.6 Å². The average Bonchev–Trinajstić information content (AvgIpc) is 2.35. The molecule has 0 bridgehead atoms. The largest absolute Gasteiger partial charge is 0.355 e. The van der Waals surface area contributed by atoms with Crippen LogP contribution in [0.1, 0.15) is 17.5 Å². The zero-order valence-electron chi connectivity index (χ0n) is 9.41. The molecule has 0 aromatic heterocycles. The van der Waals surface area contributed by atoms with Crippen LogP contribution in [-0.2, 0) is 17.6 Å². The maximum Gasteiger partial charge on any atom is 0.233 e. The van der Waals surface area contributed by atoms with Gasteiger partial charge in [0.15, 0.2) is 0 Å². The van der Waals surface area contributed by atoms with E-state index in [1.807, 2.05) is 0 Å². The van der Waals surface area contributed by atoms with Crippen molar-refractivity contribution in [3.8, 4) is 0 Å². The Balaban J connectivity index is 1.90. The molecule has 0 radical (unpaired) electrons. The molecule has 1 aliphatic rings. The predicted octanol–water partition coefficient (Wildman–Crippen LogP) is 0.866. The fourth-order valence-electron chi connectivity index (χ4n) is 2.28. The van der Waals surface area contributed by atoms with E-state index in [1.165, 1.54) is 11.1 Å². The fraction of sp³-hybridized carbons (Fsp3) is 0.462. The molecule has 0 saturated heterocycles. The first kappa shape index (κ1) is 11.1. The van der Waals surface area contributed by atoms with Gasteiger partial charge < -0.3 is 11.1 Å². The lowest BCUT2D eigenvalue weighted by Gasteiger charge is -2.24. The van der Waals surface area contributed by atoms with Crippen molar-refractivity contribution in [1.82, 2.24) is 5.32 Å². The first-order chi connectivity index (χ1) is 7.79. The van der Waals surface area contributed by atoms with Gasteiger partial charge in [-0.25, -0.2) is 0 Å². The van der Waals surface area contributed by atoms with Gasteiger partial charge in [-0.1, -0.05) is 24.3 Å². The van der Waals surface area contributed by atoms with Gasteiger partial charge in [-0.15, -0.1) is 0 Å². The van der Waals surface area contributed by atoms with Crippen molar-refractivity contribution < 1.29 is 4.79 Å². The molecule has 1 atom stereocenters. The zero-order chi connectivity index (χ0) is 11.4. The van der Waals surface area contributed by atoms with Crippen LogP contribution >= 0.6 is 0 Å². The monoisotopic (exact) mass is 218 g/mol. The van der Waals surface area contributed by atoms with Crippen LogP contribution in [0.5, 0.6) is 0 Å². The number of carbonyl (C=O) groups is 1. The van der Waals surface area contributed by atoms with Gasteiger partial charge in [-0.3, -0.25) is 4.79 Å². The Labute approximate surface area is 96.0 Å². The molecule has 1 aromatic rings. The van der Waals surface area contributed by atoms with E-state index in [0.717, 1.165) is 25.8 Å². The molecule has 3 N–H and O–H groups in total. The molecule has 2 rings (SSSR count). The second-order valence-corrected chi connectivity index (χ2v) is 4.39. The summed E-state index contributed by atoms with van der Waals surface area (Å²) in [6.45, 7) is 0.841. The summed E-state index contributed by atoms with van der Waals surface area (Å²) >= 11 is 0. The van der Waals surface area contributed by atoms with Crippen LogP contribution in [0.3, 0.4) is 0 Å². The third kappa shape index (κ3) is 2.61. The van der Waals surface area contributed by atoms with Crippen molar-refractivity contribution >= 4 is 5.91 Å². The Morgan fingerprint density at radius 2 is 2.12 bits per heavy atom. The average molecular weight is 218 g/mol. The number of aryl methyl sites for hydroxylation is 1. The van der Waals surface area contributed by atoms with Gasteiger partial charge in [0.05, 0.1) is 6.54 Å². The normalized spacial score (nSPS) is 18.9. The Morgan fingerprint density at radius 3 is 2.88 bits per heavy atom. The summed E-state index contributed by atoms with van der Waals surface area (Å²) in [5.74, 6) is 0.504. The Kier molecular flexibility index (Phi) is 3.57. The molecule has 1 aliphatic carbocycles. The van der Waals surface area contributed by atoms with Gasteiger partial charge in [0.25, 0.3) is 0 Å². The van der Waals surface area contributed by atoms with Crippen LogP contribution in [0.4, 0.5) is 0 Å².